The molecule has 5 heteroatoms. The first-order valence-corrected chi connectivity index (χ1v) is 11.8. The highest BCUT2D eigenvalue weighted by molar-refractivity contribution is 5.62. The molecule has 2 aromatic rings. The summed E-state index contributed by atoms with van der Waals surface area (Å²) < 4.78 is 6.08. The lowest BCUT2D eigenvalue weighted by Gasteiger charge is -2.27. The van der Waals surface area contributed by atoms with Crippen molar-refractivity contribution in [2.45, 2.75) is 52.2 Å². The van der Waals surface area contributed by atoms with Crippen LogP contribution in [0.15, 0.2) is 36.5 Å². The van der Waals surface area contributed by atoms with Crippen molar-refractivity contribution in [2.24, 2.45) is 11.8 Å². The van der Waals surface area contributed by atoms with Crippen LogP contribution < -0.4 is 0 Å². The number of rotatable bonds is 8. The van der Waals surface area contributed by atoms with E-state index in [1.165, 1.54) is 56.4 Å². The molecule has 164 valence electrons. The van der Waals surface area contributed by atoms with Crippen LogP contribution in [0.4, 0.5) is 0 Å². The van der Waals surface area contributed by atoms with Crippen LogP contribution in [0.2, 0.25) is 0 Å². The fraction of sp³-hybridized carbons (Fsp3) is 0.640. The molecule has 5 nitrogen and oxygen atoms in total. The van der Waals surface area contributed by atoms with Gasteiger partial charge in [-0.2, -0.15) is 5.10 Å². The number of hydrogen-bond donors (Lipinski definition) is 1. The van der Waals surface area contributed by atoms with E-state index >= 15 is 0 Å². The molecule has 0 bridgehead atoms. The van der Waals surface area contributed by atoms with Crippen molar-refractivity contribution in [1.82, 2.24) is 20.0 Å². The lowest BCUT2D eigenvalue weighted by atomic mass is 9.96. The second kappa shape index (κ2) is 10.6. The van der Waals surface area contributed by atoms with Gasteiger partial charge >= 0.3 is 0 Å². The highest BCUT2D eigenvalue weighted by Gasteiger charge is 2.34. The van der Waals surface area contributed by atoms with Crippen LogP contribution >= 0.6 is 0 Å². The molecule has 2 atom stereocenters. The van der Waals surface area contributed by atoms with E-state index in [1.807, 2.05) is 0 Å². The summed E-state index contributed by atoms with van der Waals surface area (Å²) in [5, 5.41) is 7.64. The van der Waals surface area contributed by atoms with Crippen LogP contribution in [-0.4, -0.2) is 65.4 Å². The SMILES string of the molecule is CC(C)OCC1CN(Cc2c[nH]nc2-c2ccccc2)CC1CN1CCCCCC1. The molecule has 2 saturated heterocycles. The van der Waals surface area contributed by atoms with E-state index in [0.717, 1.165) is 31.9 Å². The quantitative estimate of drug-likeness (QED) is 0.699. The van der Waals surface area contributed by atoms with Crippen molar-refractivity contribution in [2.75, 3.05) is 39.3 Å². The Kier molecular flexibility index (Phi) is 7.58. The predicted octanol–water partition coefficient (Wildman–Crippen LogP) is 4.43. The summed E-state index contributed by atoms with van der Waals surface area (Å²) in [6.45, 7) is 12.2. The number of benzene rings is 1. The van der Waals surface area contributed by atoms with Gasteiger partial charge in [0.05, 0.1) is 18.4 Å². The third kappa shape index (κ3) is 5.71. The number of nitrogens with one attached hydrogen (secondary N) is 1. The van der Waals surface area contributed by atoms with Crippen LogP contribution in [0, 0.1) is 11.8 Å². The number of H-pyrrole nitrogens is 1. The molecular formula is C25H38N4O. The zero-order valence-electron chi connectivity index (χ0n) is 18.7. The highest BCUT2D eigenvalue weighted by atomic mass is 16.5. The monoisotopic (exact) mass is 410 g/mol. The average molecular weight is 411 g/mol. The van der Waals surface area contributed by atoms with E-state index in [2.05, 4.69) is 70.4 Å². The minimum absolute atomic E-state index is 0.302. The molecule has 0 amide bonds. The van der Waals surface area contributed by atoms with Gasteiger partial charge in [0.15, 0.2) is 0 Å². The maximum Gasteiger partial charge on any atom is 0.0965 e. The lowest BCUT2D eigenvalue weighted by Crippen LogP contribution is -2.35. The van der Waals surface area contributed by atoms with Gasteiger partial charge in [-0.25, -0.2) is 0 Å². The molecule has 0 spiro atoms. The zero-order chi connectivity index (χ0) is 20.8. The molecule has 4 rings (SSSR count). The van der Waals surface area contributed by atoms with E-state index in [4.69, 9.17) is 4.74 Å². The summed E-state index contributed by atoms with van der Waals surface area (Å²) in [6.07, 6.45) is 7.89. The van der Waals surface area contributed by atoms with Crippen molar-refractivity contribution in [3.8, 4) is 11.3 Å². The molecule has 1 aromatic heterocycles. The van der Waals surface area contributed by atoms with Crippen LogP contribution in [-0.2, 0) is 11.3 Å². The summed E-state index contributed by atoms with van der Waals surface area (Å²) in [5.74, 6) is 1.30. The molecule has 2 aliphatic heterocycles. The van der Waals surface area contributed by atoms with Gasteiger partial charge in [0.2, 0.25) is 0 Å². The number of ether oxygens (including phenoxy) is 1. The van der Waals surface area contributed by atoms with Gasteiger partial charge in [0, 0.05) is 49.4 Å². The predicted molar refractivity (Wildman–Crippen MR) is 122 cm³/mol. The summed E-state index contributed by atoms with van der Waals surface area (Å²) in [7, 11) is 0. The third-order valence-corrected chi connectivity index (χ3v) is 6.65. The fourth-order valence-electron chi connectivity index (χ4n) is 5.05. The molecule has 3 heterocycles. The number of likely N-dealkylation sites (tertiary alicyclic amines) is 2. The number of hydrogen-bond acceptors (Lipinski definition) is 4. The Balaban J connectivity index is 1.42. The second-order valence-electron chi connectivity index (χ2n) is 9.44. The van der Waals surface area contributed by atoms with Crippen LogP contribution in [0.5, 0.6) is 0 Å². The molecule has 2 fully saturated rings. The van der Waals surface area contributed by atoms with E-state index < -0.39 is 0 Å². The third-order valence-electron chi connectivity index (χ3n) is 6.65. The van der Waals surface area contributed by atoms with Gasteiger partial charge in [-0.05, 0) is 45.7 Å². The highest BCUT2D eigenvalue weighted by Crippen LogP contribution is 2.29. The van der Waals surface area contributed by atoms with E-state index in [9.17, 15) is 0 Å². The van der Waals surface area contributed by atoms with Crippen molar-refractivity contribution < 1.29 is 4.74 Å². The zero-order valence-corrected chi connectivity index (χ0v) is 18.7. The van der Waals surface area contributed by atoms with Gasteiger partial charge in [-0.1, -0.05) is 43.2 Å². The number of aromatic amines is 1. The Hall–Kier alpha value is -1.69. The first-order chi connectivity index (χ1) is 14.7. The summed E-state index contributed by atoms with van der Waals surface area (Å²) in [5.41, 5.74) is 3.57. The van der Waals surface area contributed by atoms with Crippen molar-refractivity contribution in [1.29, 1.82) is 0 Å². The van der Waals surface area contributed by atoms with Crippen LogP contribution in [0.1, 0.15) is 45.1 Å². The second-order valence-corrected chi connectivity index (χ2v) is 9.44. The van der Waals surface area contributed by atoms with Gasteiger partial charge in [-0.3, -0.25) is 10.00 Å². The Morgan fingerprint density at radius 3 is 2.47 bits per heavy atom. The molecular weight excluding hydrogens is 372 g/mol. The molecule has 30 heavy (non-hydrogen) atoms. The van der Waals surface area contributed by atoms with Crippen molar-refractivity contribution >= 4 is 0 Å². The van der Waals surface area contributed by atoms with Gasteiger partial charge in [-0.15, -0.1) is 0 Å². The largest absolute Gasteiger partial charge is 0.378 e. The average Bonchev–Trinajstić information content (AvgIpc) is 3.27. The van der Waals surface area contributed by atoms with Gasteiger partial charge in [0.25, 0.3) is 0 Å². The standard InChI is InChI=1S/C25H38N4O/c1-20(2)30-19-24-18-29(17-23(24)16-28-12-8-3-4-9-13-28)15-22-14-26-27-25(22)21-10-6-5-7-11-21/h5-7,10-11,14,20,23-24H,3-4,8-9,12-13,15-19H2,1-2H3,(H,26,27). The first kappa shape index (κ1) is 21.5. The van der Waals surface area contributed by atoms with E-state index in [0.29, 0.717) is 17.9 Å². The summed E-state index contributed by atoms with van der Waals surface area (Å²) >= 11 is 0. The molecule has 1 aromatic carbocycles. The van der Waals surface area contributed by atoms with E-state index in [-0.39, 0.29) is 0 Å². The molecule has 1 N–H and O–H groups in total. The van der Waals surface area contributed by atoms with Gasteiger partial charge in [0.1, 0.15) is 0 Å². The maximum absolute atomic E-state index is 6.08. The fourth-order valence-corrected chi connectivity index (χ4v) is 5.05. The topological polar surface area (TPSA) is 44.4 Å². The van der Waals surface area contributed by atoms with Crippen LogP contribution in [0.25, 0.3) is 11.3 Å². The maximum atomic E-state index is 6.08. The normalized spacial score (nSPS) is 23.8. The van der Waals surface area contributed by atoms with Crippen molar-refractivity contribution in [3.63, 3.8) is 0 Å². The molecule has 0 radical (unpaired) electrons. The van der Waals surface area contributed by atoms with Gasteiger partial charge < -0.3 is 9.64 Å². The van der Waals surface area contributed by atoms with Crippen molar-refractivity contribution in [3.05, 3.63) is 42.1 Å². The van der Waals surface area contributed by atoms with Crippen LogP contribution in [0.3, 0.4) is 0 Å². The number of aromatic nitrogens is 2. The molecule has 2 aliphatic rings. The summed E-state index contributed by atoms with van der Waals surface area (Å²) in [6, 6.07) is 10.5. The molecule has 0 saturated carbocycles. The lowest BCUT2D eigenvalue weighted by molar-refractivity contribution is 0.0393. The molecule has 2 unspecified atom stereocenters. The number of nitrogens with zero attached hydrogens (tertiary/aromatic N) is 3. The Morgan fingerprint density at radius 1 is 1.00 bits per heavy atom. The first-order valence-electron chi connectivity index (χ1n) is 11.8. The molecule has 0 aliphatic carbocycles. The Morgan fingerprint density at radius 2 is 1.73 bits per heavy atom. The summed E-state index contributed by atoms with van der Waals surface area (Å²) in [4.78, 5) is 5.34. The minimum atomic E-state index is 0.302. The van der Waals surface area contributed by atoms with E-state index in [1.54, 1.807) is 0 Å². The Labute approximate surface area is 181 Å². The smallest absolute Gasteiger partial charge is 0.0965 e. The Bertz CT molecular complexity index is 752. The minimum Gasteiger partial charge on any atom is -0.378 e.